The van der Waals surface area contributed by atoms with E-state index in [1.165, 1.54) is 17.2 Å². The van der Waals surface area contributed by atoms with Crippen LogP contribution in [0.2, 0.25) is 0 Å². The lowest BCUT2D eigenvalue weighted by Gasteiger charge is -2.19. The summed E-state index contributed by atoms with van der Waals surface area (Å²) >= 11 is 0. The summed E-state index contributed by atoms with van der Waals surface area (Å²) in [5.74, 6) is 0.182. The first-order valence-corrected chi connectivity index (χ1v) is 8.05. The maximum absolute atomic E-state index is 10.9. The van der Waals surface area contributed by atoms with E-state index in [9.17, 15) is 14.8 Å². The largest absolute Gasteiger partial charge is 0.534 e. The number of aromatic nitrogens is 4. The van der Waals surface area contributed by atoms with E-state index >= 15 is 0 Å². The number of aliphatic hydroxyl groups excluding tert-OH is 2. The Balaban J connectivity index is 1.97. The summed E-state index contributed by atoms with van der Waals surface area (Å²) in [6.07, 6.45) is -1.79. The molecule has 5 N–H and O–H groups in total. The number of nitrogen functional groups attached to an aromatic ring is 1. The number of nitrogens with two attached hydrogens (primary N) is 1. The Bertz CT molecular complexity index is 726. The monoisotopic (exact) mass is 344 g/mol. The first-order valence-electron chi connectivity index (χ1n) is 6.65. The van der Waals surface area contributed by atoms with Crippen LogP contribution >= 0.6 is 8.03 Å². The maximum Gasteiger partial charge on any atom is 0.534 e. The molecule has 2 unspecified atom stereocenters. The molecule has 3 rings (SSSR count). The van der Waals surface area contributed by atoms with E-state index in [0.717, 1.165) is 0 Å². The summed E-state index contributed by atoms with van der Waals surface area (Å²) in [4.78, 5) is 20.9. The number of fused-ring (bicyclic) bond motifs is 1. The van der Waals surface area contributed by atoms with Gasteiger partial charge in [-0.05, 0) is 4.57 Å². The van der Waals surface area contributed by atoms with Gasteiger partial charge in [0.25, 0.3) is 6.35 Å². The molecule has 1 aliphatic rings. The predicted octanol–water partition coefficient (Wildman–Crippen LogP) is -1.26. The minimum atomic E-state index is -2.54. The summed E-state index contributed by atoms with van der Waals surface area (Å²) in [5, 5.41) is 19.5. The lowest BCUT2D eigenvalue weighted by molar-refractivity contribution is -0.0619. The number of imidazole rings is 1. The second kappa shape index (κ2) is 6.40. The highest BCUT2D eigenvalue weighted by atomic mass is 31.1. The van der Waals surface area contributed by atoms with Gasteiger partial charge in [-0.1, -0.05) is 0 Å². The molecule has 3 heterocycles. The number of nitrogens with zero attached hydrogens (tertiary/aromatic N) is 4. The van der Waals surface area contributed by atoms with Crippen molar-refractivity contribution < 1.29 is 29.1 Å². The number of hydrogen-bond donors (Lipinski definition) is 4. The Morgan fingerprint density at radius 3 is 2.91 bits per heavy atom. The lowest BCUT2D eigenvalue weighted by Crippen LogP contribution is -2.35. The van der Waals surface area contributed by atoms with Crippen molar-refractivity contribution >= 4 is 25.0 Å². The molecule has 0 spiro atoms. The second-order valence-corrected chi connectivity index (χ2v) is 5.90. The topological polar surface area (TPSA) is 166 Å². The molecule has 0 radical (unpaired) electrons. The van der Waals surface area contributed by atoms with Crippen LogP contribution in [0.3, 0.4) is 0 Å². The summed E-state index contributed by atoms with van der Waals surface area (Å²) in [6.45, 7) is -0.438. The van der Waals surface area contributed by atoms with Crippen LogP contribution in [0.25, 0.3) is 11.2 Å². The Morgan fingerprint density at radius 1 is 1.43 bits per heavy atom. The lowest BCUT2D eigenvalue weighted by atomic mass is 10.1. The Kier molecular flexibility index (Phi) is 4.48. The Labute approximate surface area is 130 Å². The van der Waals surface area contributed by atoms with Crippen LogP contribution in [0.1, 0.15) is 6.23 Å². The molecule has 1 fully saturated rings. The molecule has 5 atom stereocenters. The molecule has 12 heteroatoms. The van der Waals surface area contributed by atoms with Crippen molar-refractivity contribution in [1.82, 2.24) is 19.5 Å². The summed E-state index contributed by atoms with van der Waals surface area (Å²) in [6, 6.07) is 0. The van der Waals surface area contributed by atoms with E-state index in [1.807, 2.05) is 0 Å². The van der Waals surface area contributed by atoms with Crippen molar-refractivity contribution in [2.75, 3.05) is 18.7 Å². The molecule has 23 heavy (non-hydrogen) atoms. The molecular weight excluding hydrogens is 329 g/mol. The summed E-state index contributed by atoms with van der Waals surface area (Å²) < 4.78 is 23.2. The minimum absolute atomic E-state index is 0.182. The second-order valence-electron chi connectivity index (χ2n) is 4.93. The fraction of sp³-hybridized carbons (Fsp3) is 0.545. The average Bonchev–Trinajstić information content (AvgIpc) is 3.07. The van der Waals surface area contributed by atoms with Gasteiger partial charge >= 0.3 is 8.03 Å². The van der Waals surface area contributed by atoms with Crippen LogP contribution in [0.15, 0.2) is 12.7 Å². The molecule has 1 aliphatic heterocycles. The van der Waals surface area contributed by atoms with Crippen LogP contribution in [0, 0.1) is 0 Å². The first kappa shape index (κ1) is 16.1. The van der Waals surface area contributed by atoms with E-state index in [2.05, 4.69) is 15.0 Å². The molecule has 1 saturated heterocycles. The van der Waals surface area contributed by atoms with E-state index in [0.29, 0.717) is 11.2 Å². The van der Waals surface area contributed by atoms with Crippen LogP contribution in [-0.2, 0) is 14.0 Å². The fourth-order valence-corrected chi connectivity index (χ4v) is 2.78. The van der Waals surface area contributed by atoms with E-state index < -0.39 is 45.5 Å². The van der Waals surface area contributed by atoms with Gasteiger partial charge in [0.2, 0.25) is 0 Å². The van der Waals surface area contributed by atoms with Crippen molar-refractivity contribution in [2.45, 2.75) is 24.5 Å². The third-order valence-corrected chi connectivity index (χ3v) is 3.90. The van der Waals surface area contributed by atoms with Gasteiger partial charge in [0.1, 0.15) is 30.2 Å². The van der Waals surface area contributed by atoms with Crippen molar-refractivity contribution in [1.29, 1.82) is 0 Å². The number of ether oxygens (including phenoxy) is 2. The molecule has 0 bridgehead atoms. The van der Waals surface area contributed by atoms with Crippen molar-refractivity contribution in [3.05, 3.63) is 12.7 Å². The molecule has 124 valence electrons. The van der Waals surface area contributed by atoms with Crippen LogP contribution in [-0.4, -0.2) is 65.9 Å². The third-order valence-electron chi connectivity index (χ3n) is 3.53. The van der Waals surface area contributed by atoms with Crippen molar-refractivity contribution in [3.63, 3.8) is 0 Å². The van der Waals surface area contributed by atoms with Crippen LogP contribution in [0.5, 0.6) is 0 Å². The molecule has 0 amide bonds. The maximum atomic E-state index is 10.9. The zero-order valence-corrected chi connectivity index (χ0v) is 12.7. The number of hydrogen-bond acceptors (Lipinski definition) is 9. The van der Waals surface area contributed by atoms with Gasteiger partial charge in [0.15, 0.2) is 17.7 Å². The average molecular weight is 344 g/mol. The fourth-order valence-electron chi connectivity index (χ4n) is 2.48. The molecule has 0 aromatic carbocycles. The SMILES string of the molecule is Nc1ncnc2c1ncn2[C@@H]1O[C@H](CO)[C@H](O)C1OC[P+](=O)O. The van der Waals surface area contributed by atoms with Gasteiger partial charge < -0.3 is 25.4 Å². The predicted molar refractivity (Wildman–Crippen MR) is 76.3 cm³/mol. The van der Waals surface area contributed by atoms with Crippen LogP contribution < -0.4 is 5.73 Å². The highest BCUT2D eigenvalue weighted by Gasteiger charge is 2.46. The normalized spacial score (nSPS) is 28.4. The van der Waals surface area contributed by atoms with E-state index in [-0.39, 0.29) is 5.82 Å². The number of rotatable bonds is 5. The molecule has 11 nitrogen and oxygen atoms in total. The Morgan fingerprint density at radius 2 is 2.22 bits per heavy atom. The molecule has 2 aromatic rings. The van der Waals surface area contributed by atoms with Gasteiger partial charge in [-0.3, -0.25) is 4.57 Å². The van der Waals surface area contributed by atoms with Gasteiger partial charge in [0.05, 0.1) is 12.9 Å². The van der Waals surface area contributed by atoms with Gasteiger partial charge in [-0.2, -0.15) is 4.89 Å². The van der Waals surface area contributed by atoms with E-state index in [1.54, 1.807) is 0 Å². The summed E-state index contributed by atoms with van der Waals surface area (Å²) in [5.41, 5.74) is 6.43. The van der Waals surface area contributed by atoms with Crippen molar-refractivity contribution in [2.24, 2.45) is 0 Å². The minimum Gasteiger partial charge on any atom is -0.394 e. The quantitative estimate of drug-likeness (QED) is 0.481. The van der Waals surface area contributed by atoms with Gasteiger partial charge in [0, 0.05) is 0 Å². The van der Waals surface area contributed by atoms with E-state index in [4.69, 9.17) is 20.1 Å². The third kappa shape index (κ3) is 2.90. The zero-order chi connectivity index (χ0) is 16.6. The van der Waals surface area contributed by atoms with Gasteiger partial charge in [-0.25, -0.2) is 15.0 Å². The molecule has 2 aromatic heterocycles. The van der Waals surface area contributed by atoms with Gasteiger partial charge in [-0.15, -0.1) is 0 Å². The number of anilines is 1. The highest BCUT2D eigenvalue weighted by Crippen LogP contribution is 2.35. The molecule has 0 aliphatic carbocycles. The Hall–Kier alpha value is -1.75. The smallest absolute Gasteiger partial charge is 0.394 e. The molecular formula is C11H15N5O6P+. The van der Waals surface area contributed by atoms with Crippen LogP contribution in [0.4, 0.5) is 5.82 Å². The first-order chi connectivity index (χ1) is 11.0. The highest BCUT2D eigenvalue weighted by molar-refractivity contribution is 7.37. The van der Waals surface area contributed by atoms with Crippen molar-refractivity contribution in [3.8, 4) is 0 Å². The summed E-state index contributed by atoms with van der Waals surface area (Å²) in [7, 11) is -2.54. The number of aliphatic hydroxyl groups is 2. The zero-order valence-electron chi connectivity index (χ0n) is 11.8. The standard InChI is InChI=1S/C11H14N5O6P/c12-9-6-10(14-2-13-9)16(3-15-6)11-8(21-4-23(19)20)7(18)5(1-17)22-11/h2-3,5,7-8,11,17-18H,1,4H2,(H2-,12,13,14,19,20)/p+1/t5-,7+,8?,11-/m1/s1. The molecule has 0 saturated carbocycles.